The van der Waals surface area contributed by atoms with Crippen LogP contribution in [0.2, 0.25) is 0 Å². The molecule has 2 heterocycles. The fourth-order valence-corrected chi connectivity index (χ4v) is 0.949. The van der Waals surface area contributed by atoms with Crippen LogP contribution < -0.4 is 0 Å². The van der Waals surface area contributed by atoms with Crippen molar-refractivity contribution in [2.24, 2.45) is 0 Å². The summed E-state index contributed by atoms with van der Waals surface area (Å²) < 4.78 is 0. The molecule has 0 saturated carbocycles. The van der Waals surface area contributed by atoms with Crippen molar-refractivity contribution in [2.75, 3.05) is 0 Å². The number of pyridine rings is 1. The molecule has 2 N–H and O–H groups in total. The average molecular weight is 191 g/mol. The molecule has 0 atom stereocenters. The predicted octanol–water partition coefficient (Wildman–Crippen LogP) is -0.0401. The molecule has 2 aromatic rings. The number of aromatic nitrogens is 5. The molecule has 0 bridgehead atoms. The second kappa shape index (κ2) is 3.21. The number of aromatic carboxylic acids is 1. The highest BCUT2D eigenvalue weighted by Crippen LogP contribution is 2.09. The molecule has 0 aliphatic carbocycles. The number of H-pyrrole nitrogens is 1. The van der Waals surface area contributed by atoms with Gasteiger partial charge in [0.25, 0.3) is 0 Å². The molecule has 0 saturated heterocycles. The van der Waals surface area contributed by atoms with Gasteiger partial charge in [-0.05, 0) is 17.3 Å². The third-order valence-corrected chi connectivity index (χ3v) is 1.54. The van der Waals surface area contributed by atoms with Gasteiger partial charge in [-0.3, -0.25) is 0 Å². The topological polar surface area (TPSA) is 105 Å². The van der Waals surface area contributed by atoms with Crippen LogP contribution in [-0.2, 0) is 0 Å². The van der Waals surface area contributed by atoms with Crippen LogP contribution in [0.4, 0.5) is 0 Å². The highest BCUT2D eigenvalue weighted by Gasteiger charge is 2.08. The maximum Gasteiger partial charge on any atom is 0.354 e. The van der Waals surface area contributed by atoms with E-state index >= 15 is 0 Å². The van der Waals surface area contributed by atoms with Gasteiger partial charge in [0.15, 0.2) is 0 Å². The quantitative estimate of drug-likeness (QED) is 0.690. The fourth-order valence-electron chi connectivity index (χ4n) is 0.949. The van der Waals surface area contributed by atoms with E-state index in [1.165, 1.54) is 6.07 Å². The maximum absolute atomic E-state index is 10.6. The maximum atomic E-state index is 10.6. The molecule has 0 spiro atoms. The van der Waals surface area contributed by atoms with E-state index < -0.39 is 5.97 Å². The first-order valence-corrected chi connectivity index (χ1v) is 3.71. The van der Waals surface area contributed by atoms with E-state index in [1.54, 1.807) is 12.1 Å². The summed E-state index contributed by atoms with van der Waals surface area (Å²) in [5.41, 5.74) is 0.325. The van der Waals surface area contributed by atoms with Crippen LogP contribution in [-0.4, -0.2) is 36.7 Å². The highest BCUT2D eigenvalue weighted by molar-refractivity contribution is 5.85. The largest absolute Gasteiger partial charge is 0.477 e. The van der Waals surface area contributed by atoms with Gasteiger partial charge in [-0.15, -0.1) is 10.2 Å². The number of aromatic amines is 1. The van der Waals surface area contributed by atoms with Gasteiger partial charge in [-0.2, -0.15) is 5.21 Å². The third kappa shape index (κ3) is 1.42. The van der Waals surface area contributed by atoms with Gasteiger partial charge in [-0.25, -0.2) is 9.78 Å². The molecule has 0 radical (unpaired) electrons. The van der Waals surface area contributed by atoms with Gasteiger partial charge >= 0.3 is 5.97 Å². The summed E-state index contributed by atoms with van der Waals surface area (Å²) >= 11 is 0. The van der Waals surface area contributed by atoms with E-state index in [-0.39, 0.29) is 11.5 Å². The van der Waals surface area contributed by atoms with Gasteiger partial charge in [-0.1, -0.05) is 6.07 Å². The first kappa shape index (κ1) is 8.30. The number of rotatable bonds is 2. The van der Waals surface area contributed by atoms with Crippen molar-refractivity contribution < 1.29 is 9.90 Å². The summed E-state index contributed by atoms with van der Waals surface area (Å²) in [4.78, 5) is 14.4. The molecule has 0 aromatic carbocycles. The molecule has 70 valence electrons. The zero-order valence-corrected chi connectivity index (χ0v) is 6.88. The number of hydrogen-bond donors (Lipinski definition) is 2. The Labute approximate surface area is 77.8 Å². The average Bonchev–Trinajstić information content (AvgIpc) is 2.71. The van der Waals surface area contributed by atoms with Crippen LogP contribution in [0, 0.1) is 0 Å². The zero-order valence-electron chi connectivity index (χ0n) is 6.88. The SMILES string of the molecule is O=C(O)c1cccc(-c2nn[nH]n2)n1. The summed E-state index contributed by atoms with van der Waals surface area (Å²) in [5, 5.41) is 21.7. The van der Waals surface area contributed by atoms with E-state index in [0.717, 1.165) is 0 Å². The van der Waals surface area contributed by atoms with Crippen LogP contribution in [0.3, 0.4) is 0 Å². The lowest BCUT2D eigenvalue weighted by molar-refractivity contribution is 0.0690. The molecule has 0 aliphatic heterocycles. The molecule has 2 rings (SSSR count). The number of hydrogen-bond acceptors (Lipinski definition) is 5. The number of carboxylic acids is 1. The summed E-state index contributed by atoms with van der Waals surface area (Å²) in [7, 11) is 0. The third-order valence-electron chi connectivity index (χ3n) is 1.54. The number of tetrazole rings is 1. The Bertz CT molecular complexity index is 453. The standard InChI is InChI=1S/C7H5N5O2/c13-7(14)5-3-1-2-4(8-5)6-9-11-12-10-6/h1-3H,(H,13,14)(H,9,10,11,12). The number of carboxylic acid groups (broad SMARTS) is 1. The Hall–Kier alpha value is -2.31. The van der Waals surface area contributed by atoms with Crippen LogP contribution >= 0.6 is 0 Å². The van der Waals surface area contributed by atoms with Crippen molar-refractivity contribution in [3.8, 4) is 11.5 Å². The lowest BCUT2D eigenvalue weighted by Crippen LogP contribution is -2.00. The van der Waals surface area contributed by atoms with Gasteiger partial charge in [0.2, 0.25) is 5.82 Å². The molecule has 14 heavy (non-hydrogen) atoms. The molecule has 0 unspecified atom stereocenters. The fraction of sp³-hybridized carbons (Fsp3) is 0. The second-order valence-electron chi connectivity index (χ2n) is 2.45. The van der Waals surface area contributed by atoms with E-state index in [4.69, 9.17) is 5.11 Å². The first-order chi connectivity index (χ1) is 6.77. The Morgan fingerprint density at radius 1 is 1.43 bits per heavy atom. The van der Waals surface area contributed by atoms with Crippen molar-refractivity contribution in [3.05, 3.63) is 23.9 Å². The minimum atomic E-state index is -1.09. The van der Waals surface area contributed by atoms with Gasteiger partial charge in [0.1, 0.15) is 11.4 Å². The van der Waals surface area contributed by atoms with Gasteiger partial charge in [0.05, 0.1) is 0 Å². The van der Waals surface area contributed by atoms with Crippen molar-refractivity contribution >= 4 is 5.97 Å². The molecular formula is C7H5N5O2. The number of carbonyl (C=O) groups is 1. The van der Waals surface area contributed by atoms with Crippen molar-refractivity contribution in [1.29, 1.82) is 0 Å². The monoisotopic (exact) mass is 191 g/mol. The number of nitrogens with zero attached hydrogens (tertiary/aromatic N) is 4. The minimum Gasteiger partial charge on any atom is -0.477 e. The smallest absolute Gasteiger partial charge is 0.354 e. The van der Waals surface area contributed by atoms with Crippen molar-refractivity contribution in [2.45, 2.75) is 0 Å². The highest BCUT2D eigenvalue weighted by atomic mass is 16.4. The Morgan fingerprint density at radius 3 is 2.93 bits per heavy atom. The lowest BCUT2D eigenvalue weighted by atomic mass is 10.3. The summed E-state index contributed by atoms with van der Waals surface area (Å²) in [6.07, 6.45) is 0. The van der Waals surface area contributed by atoms with Gasteiger partial charge < -0.3 is 5.11 Å². The summed E-state index contributed by atoms with van der Waals surface area (Å²) in [6.45, 7) is 0. The van der Waals surface area contributed by atoms with Crippen molar-refractivity contribution in [3.63, 3.8) is 0 Å². The molecule has 0 aliphatic rings. The number of nitrogens with one attached hydrogen (secondary N) is 1. The molecule has 2 aromatic heterocycles. The first-order valence-electron chi connectivity index (χ1n) is 3.71. The van der Waals surface area contributed by atoms with E-state index in [9.17, 15) is 4.79 Å². The van der Waals surface area contributed by atoms with Crippen LogP contribution in [0.15, 0.2) is 18.2 Å². The van der Waals surface area contributed by atoms with E-state index in [1.807, 2.05) is 0 Å². The second-order valence-corrected chi connectivity index (χ2v) is 2.45. The van der Waals surface area contributed by atoms with Gasteiger partial charge in [0, 0.05) is 0 Å². The van der Waals surface area contributed by atoms with Crippen LogP contribution in [0.5, 0.6) is 0 Å². The van der Waals surface area contributed by atoms with Crippen molar-refractivity contribution in [1.82, 2.24) is 25.6 Å². The predicted molar refractivity (Wildman–Crippen MR) is 44.4 cm³/mol. The van der Waals surface area contributed by atoms with E-state index in [2.05, 4.69) is 25.6 Å². The zero-order chi connectivity index (χ0) is 9.97. The molecule has 7 heteroatoms. The lowest BCUT2D eigenvalue weighted by Gasteiger charge is -1.95. The Kier molecular flexibility index (Phi) is 1.90. The summed E-state index contributed by atoms with van der Waals surface area (Å²) in [6, 6.07) is 4.57. The molecule has 0 amide bonds. The summed E-state index contributed by atoms with van der Waals surface area (Å²) in [5.74, 6) is -0.816. The Balaban J connectivity index is 2.46. The molecule has 0 fully saturated rings. The molecule has 7 nitrogen and oxygen atoms in total. The van der Waals surface area contributed by atoms with E-state index in [0.29, 0.717) is 5.69 Å². The molecular weight excluding hydrogens is 186 g/mol. The normalized spacial score (nSPS) is 10.0. The minimum absolute atomic E-state index is 0.0488. The Morgan fingerprint density at radius 2 is 2.29 bits per heavy atom. The van der Waals surface area contributed by atoms with Crippen LogP contribution in [0.25, 0.3) is 11.5 Å². The van der Waals surface area contributed by atoms with Crippen LogP contribution in [0.1, 0.15) is 10.5 Å².